The van der Waals surface area contributed by atoms with Crippen LogP contribution in [-0.4, -0.2) is 83.8 Å². The first-order chi connectivity index (χ1) is 20.2. The fourth-order valence-electron chi connectivity index (χ4n) is 3.51. The number of aromatic nitrogens is 3. The number of imidazole rings is 1. The lowest BCUT2D eigenvalue weighted by atomic mass is 9.98. The van der Waals surface area contributed by atoms with E-state index >= 15 is 0 Å². The summed E-state index contributed by atoms with van der Waals surface area (Å²) in [5, 5.41) is 22.0. The Morgan fingerprint density at radius 2 is 1.68 bits per heavy atom. The summed E-state index contributed by atoms with van der Waals surface area (Å²) in [6.07, 6.45) is 0.0198. The Balaban J connectivity index is 1.86. The van der Waals surface area contributed by atoms with E-state index in [4.69, 9.17) is 19.4 Å². The lowest BCUT2D eigenvalue weighted by Crippen LogP contribution is -2.71. The third-order valence-corrected chi connectivity index (χ3v) is 6.33. The van der Waals surface area contributed by atoms with Crippen molar-refractivity contribution in [2.75, 3.05) is 5.32 Å². The average molecular weight is 638 g/mol. The Bertz CT molecular complexity index is 1540. The Morgan fingerprint density at radius 3 is 2.23 bits per heavy atom. The zero-order valence-electron chi connectivity index (χ0n) is 25.4. The highest BCUT2D eigenvalue weighted by Crippen LogP contribution is 2.21. The topological polar surface area (TPSA) is 222 Å². The molecule has 1 saturated heterocycles. The van der Waals surface area contributed by atoms with Crippen LogP contribution in [0.5, 0.6) is 0 Å². The molecule has 0 aromatic carbocycles. The number of rotatable bonds is 9. The number of carboxylic acid groups (broad SMARTS) is 1. The number of nitrogens with one attached hydrogen (secondary N) is 3. The molecule has 2 aromatic rings. The van der Waals surface area contributed by atoms with Crippen LogP contribution in [0.25, 0.3) is 0 Å². The summed E-state index contributed by atoms with van der Waals surface area (Å²) in [7, 11) is 0. The second-order valence-corrected chi connectivity index (χ2v) is 13.0. The minimum atomic E-state index is -1.65. The van der Waals surface area contributed by atoms with E-state index in [1.54, 1.807) is 41.5 Å². The average Bonchev–Trinajstić information content (AvgIpc) is 3.46. The number of oxime groups is 1. The van der Waals surface area contributed by atoms with Crippen molar-refractivity contribution in [3.8, 4) is 0 Å². The molecule has 44 heavy (non-hydrogen) atoms. The summed E-state index contributed by atoms with van der Waals surface area (Å²) < 4.78 is 12.1. The molecule has 0 radical (unpaired) electrons. The number of carbonyl (C=O) groups excluding carboxylic acids is 4. The van der Waals surface area contributed by atoms with Crippen LogP contribution < -0.4 is 21.6 Å². The third kappa shape index (κ3) is 8.65. The zero-order chi connectivity index (χ0) is 33.2. The van der Waals surface area contributed by atoms with Crippen molar-refractivity contribution in [1.29, 1.82) is 0 Å². The number of thiazole rings is 1. The molecule has 0 unspecified atom stereocenters. The predicted octanol–water partition coefficient (Wildman–Crippen LogP) is 1.50. The molecule has 1 fully saturated rings. The van der Waals surface area contributed by atoms with Gasteiger partial charge in [-0.3, -0.25) is 19.5 Å². The number of carbonyl (C=O) groups is 5. The van der Waals surface area contributed by atoms with Gasteiger partial charge in [0.05, 0.1) is 6.04 Å². The lowest BCUT2D eigenvalue weighted by Gasteiger charge is -2.37. The van der Waals surface area contributed by atoms with E-state index in [2.05, 4.69) is 26.1 Å². The van der Waals surface area contributed by atoms with Gasteiger partial charge in [0, 0.05) is 24.3 Å². The van der Waals surface area contributed by atoms with E-state index < -0.39 is 70.3 Å². The molecule has 0 spiro atoms. The van der Waals surface area contributed by atoms with Crippen molar-refractivity contribution < 1.29 is 43.4 Å². The molecule has 2 atom stereocenters. The fourth-order valence-corrected chi connectivity index (χ4v) is 4.19. The fraction of sp³-hybridized carbons (Fsp3) is 0.538. The highest BCUT2D eigenvalue weighted by Gasteiger charge is 2.42. The van der Waals surface area contributed by atoms with Gasteiger partial charge < -0.3 is 30.1 Å². The van der Waals surface area contributed by atoms with Gasteiger partial charge in [-0.2, -0.15) is 0 Å². The molecule has 240 valence electrons. The number of amides is 3. The van der Waals surface area contributed by atoms with Gasteiger partial charge in [-0.15, -0.1) is 11.3 Å². The molecule has 3 amide bonds. The molecule has 17 nitrogen and oxygen atoms in total. The van der Waals surface area contributed by atoms with Gasteiger partial charge >= 0.3 is 23.8 Å². The summed E-state index contributed by atoms with van der Waals surface area (Å²) in [5.41, 5.74) is -4.62. The number of esters is 1. The van der Waals surface area contributed by atoms with Crippen molar-refractivity contribution in [2.45, 2.75) is 90.8 Å². The van der Waals surface area contributed by atoms with Crippen LogP contribution in [-0.2, 0) is 35.2 Å². The second kappa shape index (κ2) is 12.5. The van der Waals surface area contributed by atoms with Crippen molar-refractivity contribution in [2.24, 2.45) is 5.16 Å². The van der Waals surface area contributed by atoms with E-state index in [-0.39, 0.29) is 17.4 Å². The standard InChI is InChI=1S/C26H35N7O10S/c1-24(2,3)41-19(36)26(7,8)43-31-16(14-12-44-20(28-14)30-21(37)42-25(4,5)6)18(35)29-15-13(27-17(15)34)11-32-9-10-33(22(32)38)23(39)40/h9-10,12-13,15H,11H2,1-8H3,(H,27,34)(H,29,35)(H,39,40)(H,28,30,37)/b31-16-/t13-,15+/m1/s1. The maximum absolute atomic E-state index is 13.5. The number of hydrogen-bond donors (Lipinski definition) is 4. The van der Waals surface area contributed by atoms with Gasteiger partial charge in [0.25, 0.3) is 5.91 Å². The largest absolute Gasteiger partial charge is 0.464 e. The lowest BCUT2D eigenvalue weighted by molar-refractivity contribution is -0.179. The maximum Gasteiger partial charge on any atom is 0.419 e. The summed E-state index contributed by atoms with van der Waals surface area (Å²) in [5.74, 6) is -2.27. The molecule has 4 N–H and O–H groups in total. The summed E-state index contributed by atoms with van der Waals surface area (Å²) in [6.45, 7) is 12.7. The van der Waals surface area contributed by atoms with Crippen LogP contribution in [0.4, 0.5) is 14.7 Å². The molecular formula is C26H35N7O10S. The van der Waals surface area contributed by atoms with E-state index in [1.165, 1.54) is 25.4 Å². The Kier molecular flexibility index (Phi) is 9.57. The van der Waals surface area contributed by atoms with E-state index in [1.807, 2.05) is 0 Å². The van der Waals surface area contributed by atoms with Crippen LogP contribution in [0.3, 0.4) is 0 Å². The Labute approximate surface area is 255 Å². The Morgan fingerprint density at radius 1 is 1.05 bits per heavy atom. The van der Waals surface area contributed by atoms with Gasteiger partial charge in [-0.1, -0.05) is 5.16 Å². The maximum atomic E-state index is 13.5. The normalized spacial score (nSPS) is 17.2. The number of β-lactam (4-membered cyclic amide) rings is 1. The van der Waals surface area contributed by atoms with E-state index in [0.29, 0.717) is 4.57 Å². The van der Waals surface area contributed by atoms with Gasteiger partial charge in [0.2, 0.25) is 11.5 Å². The number of hydrogen-bond acceptors (Lipinski definition) is 12. The van der Waals surface area contributed by atoms with Gasteiger partial charge in [0.1, 0.15) is 22.9 Å². The molecule has 3 heterocycles. The quantitative estimate of drug-likeness (QED) is 0.133. The molecule has 2 aromatic heterocycles. The van der Waals surface area contributed by atoms with Crippen molar-refractivity contribution in [3.63, 3.8) is 0 Å². The van der Waals surface area contributed by atoms with Gasteiger partial charge in [-0.25, -0.2) is 28.7 Å². The summed E-state index contributed by atoms with van der Waals surface area (Å²) >= 11 is 0.946. The van der Waals surface area contributed by atoms with E-state index in [0.717, 1.165) is 22.1 Å². The third-order valence-electron chi connectivity index (χ3n) is 5.57. The minimum absolute atomic E-state index is 0.0581. The first-order valence-corrected chi connectivity index (χ1v) is 14.1. The molecule has 0 bridgehead atoms. The first kappa shape index (κ1) is 33.8. The smallest absolute Gasteiger partial charge is 0.419 e. The van der Waals surface area contributed by atoms with Crippen LogP contribution in [0.2, 0.25) is 0 Å². The summed E-state index contributed by atoms with van der Waals surface area (Å²) in [6, 6.07) is -1.93. The Hall–Kier alpha value is -4.74. The molecular weight excluding hydrogens is 602 g/mol. The molecule has 18 heteroatoms. The van der Waals surface area contributed by atoms with Crippen molar-refractivity contribution in [3.05, 3.63) is 34.0 Å². The van der Waals surface area contributed by atoms with Crippen molar-refractivity contribution >= 4 is 52.2 Å². The SMILES string of the molecule is CC(C)(C)OC(=O)Nc1nc(/C(=N/OC(C)(C)C(=O)OC(C)(C)C)C(=O)N[C@@H]2C(=O)N[C@@H]2Cn2ccn(C(=O)O)c2=O)cs1. The highest BCUT2D eigenvalue weighted by atomic mass is 32.1. The molecule has 1 aliphatic rings. The monoisotopic (exact) mass is 637 g/mol. The van der Waals surface area contributed by atoms with E-state index in [9.17, 15) is 28.8 Å². The van der Waals surface area contributed by atoms with Gasteiger partial charge in [-0.05, 0) is 55.4 Å². The summed E-state index contributed by atoms with van der Waals surface area (Å²) in [4.78, 5) is 83.9. The van der Waals surface area contributed by atoms with Crippen LogP contribution in [0.15, 0.2) is 27.7 Å². The molecule has 0 saturated carbocycles. The predicted molar refractivity (Wildman–Crippen MR) is 155 cm³/mol. The highest BCUT2D eigenvalue weighted by molar-refractivity contribution is 7.14. The number of ether oxygens (including phenoxy) is 2. The molecule has 1 aliphatic heterocycles. The van der Waals surface area contributed by atoms with Crippen LogP contribution in [0, 0.1) is 0 Å². The van der Waals surface area contributed by atoms with Crippen molar-refractivity contribution in [1.82, 2.24) is 24.8 Å². The minimum Gasteiger partial charge on any atom is -0.464 e. The molecule has 3 rings (SSSR count). The zero-order valence-corrected chi connectivity index (χ0v) is 26.2. The molecule has 0 aliphatic carbocycles. The van der Waals surface area contributed by atoms with Crippen LogP contribution in [0.1, 0.15) is 61.1 Å². The number of anilines is 1. The first-order valence-electron chi connectivity index (χ1n) is 13.2. The van der Waals surface area contributed by atoms with Crippen LogP contribution >= 0.6 is 11.3 Å². The number of nitrogens with zero attached hydrogens (tertiary/aromatic N) is 4. The van der Waals surface area contributed by atoms with Gasteiger partial charge in [0.15, 0.2) is 10.8 Å². The second-order valence-electron chi connectivity index (χ2n) is 12.2.